The van der Waals surface area contributed by atoms with E-state index in [2.05, 4.69) is 4.98 Å². The van der Waals surface area contributed by atoms with E-state index < -0.39 is 5.97 Å². The third-order valence-electron chi connectivity index (χ3n) is 3.69. The number of pyridine rings is 1. The van der Waals surface area contributed by atoms with Gasteiger partial charge in [-0.3, -0.25) is 4.79 Å². The number of benzene rings is 1. The van der Waals surface area contributed by atoms with Crippen LogP contribution in [0.25, 0.3) is 16.9 Å². The van der Waals surface area contributed by atoms with Gasteiger partial charge in [0.1, 0.15) is 11.5 Å². The number of nitrogens with zero attached hydrogens (tertiary/aromatic N) is 2. The molecule has 0 saturated heterocycles. The van der Waals surface area contributed by atoms with Crippen LogP contribution in [0.4, 0.5) is 4.39 Å². The highest BCUT2D eigenvalue weighted by atomic mass is 19.1. The lowest BCUT2D eigenvalue weighted by Gasteiger charge is -2.04. The molecule has 0 bridgehead atoms. The van der Waals surface area contributed by atoms with Crippen molar-refractivity contribution in [1.29, 1.82) is 0 Å². The van der Waals surface area contributed by atoms with E-state index in [0.29, 0.717) is 17.0 Å². The maximum Gasteiger partial charge on any atom is 0.309 e. The number of carboxylic acid groups (broad SMARTS) is 1. The Hall–Kier alpha value is -2.69. The van der Waals surface area contributed by atoms with E-state index in [1.807, 2.05) is 19.1 Å². The van der Waals surface area contributed by atoms with Crippen molar-refractivity contribution in [2.24, 2.45) is 0 Å². The molecule has 0 aliphatic carbocycles. The zero-order chi connectivity index (χ0) is 15.9. The fourth-order valence-electron chi connectivity index (χ4n) is 2.59. The molecular formula is C17H15FN2O2. The Labute approximate surface area is 126 Å². The molecule has 2 heterocycles. The van der Waals surface area contributed by atoms with Gasteiger partial charge in [-0.2, -0.15) is 0 Å². The molecule has 1 aromatic carbocycles. The number of rotatable bonds is 3. The summed E-state index contributed by atoms with van der Waals surface area (Å²) in [6.45, 7) is 3.60. The first-order valence-corrected chi connectivity index (χ1v) is 6.92. The molecular weight excluding hydrogens is 283 g/mol. The van der Waals surface area contributed by atoms with E-state index in [-0.39, 0.29) is 12.2 Å². The molecule has 3 aromatic rings. The molecule has 0 spiro atoms. The van der Waals surface area contributed by atoms with Gasteiger partial charge in [0.25, 0.3) is 0 Å². The average Bonchev–Trinajstić information content (AvgIpc) is 2.82. The first-order chi connectivity index (χ1) is 10.5. The van der Waals surface area contributed by atoms with Crippen molar-refractivity contribution < 1.29 is 14.3 Å². The Morgan fingerprint density at radius 1 is 1.27 bits per heavy atom. The van der Waals surface area contributed by atoms with E-state index in [1.54, 1.807) is 29.7 Å². The van der Waals surface area contributed by atoms with Crippen molar-refractivity contribution >= 4 is 11.6 Å². The summed E-state index contributed by atoms with van der Waals surface area (Å²) in [5, 5.41) is 9.18. The number of hydrogen-bond donors (Lipinski definition) is 1. The molecule has 0 radical (unpaired) electrons. The molecule has 2 aromatic heterocycles. The summed E-state index contributed by atoms with van der Waals surface area (Å²) in [5.41, 5.74) is 4.08. The van der Waals surface area contributed by atoms with E-state index >= 15 is 0 Å². The normalized spacial score (nSPS) is 11.0. The lowest BCUT2D eigenvalue weighted by Crippen LogP contribution is -2.05. The Kier molecular flexibility index (Phi) is 3.41. The van der Waals surface area contributed by atoms with Gasteiger partial charge in [-0.25, -0.2) is 9.37 Å². The average molecular weight is 298 g/mol. The van der Waals surface area contributed by atoms with E-state index in [4.69, 9.17) is 0 Å². The second-order valence-corrected chi connectivity index (χ2v) is 5.33. The topological polar surface area (TPSA) is 54.6 Å². The van der Waals surface area contributed by atoms with Crippen LogP contribution < -0.4 is 0 Å². The van der Waals surface area contributed by atoms with Crippen LogP contribution in [0.2, 0.25) is 0 Å². The SMILES string of the molecule is Cc1cc(-c2nc3c(C)cccn3c2CC(=O)O)ccc1F. The van der Waals surface area contributed by atoms with Crippen LogP contribution in [-0.2, 0) is 11.2 Å². The summed E-state index contributed by atoms with van der Waals surface area (Å²) < 4.78 is 15.3. The van der Waals surface area contributed by atoms with Crippen LogP contribution in [0.5, 0.6) is 0 Å². The Morgan fingerprint density at radius 2 is 2.05 bits per heavy atom. The quantitative estimate of drug-likeness (QED) is 0.806. The third kappa shape index (κ3) is 2.35. The van der Waals surface area contributed by atoms with E-state index in [0.717, 1.165) is 16.8 Å². The molecule has 0 aliphatic rings. The van der Waals surface area contributed by atoms with Gasteiger partial charge in [0.15, 0.2) is 0 Å². The zero-order valence-electron chi connectivity index (χ0n) is 12.3. The lowest BCUT2D eigenvalue weighted by atomic mass is 10.1. The van der Waals surface area contributed by atoms with Gasteiger partial charge in [0.05, 0.1) is 17.8 Å². The van der Waals surface area contributed by atoms with Crippen molar-refractivity contribution in [3.63, 3.8) is 0 Å². The van der Waals surface area contributed by atoms with E-state index in [1.165, 1.54) is 6.07 Å². The van der Waals surface area contributed by atoms with E-state index in [9.17, 15) is 14.3 Å². The molecule has 0 unspecified atom stereocenters. The summed E-state index contributed by atoms with van der Waals surface area (Å²) in [4.78, 5) is 15.8. The van der Waals surface area contributed by atoms with Gasteiger partial charge in [-0.15, -0.1) is 0 Å². The smallest absolute Gasteiger partial charge is 0.309 e. The molecule has 0 atom stereocenters. The standard InChI is InChI=1S/C17H15FN2O2/c1-10-4-3-7-20-14(9-15(21)22)16(19-17(10)20)12-5-6-13(18)11(2)8-12/h3-8H,9H2,1-2H3,(H,21,22). The number of imidazole rings is 1. The maximum absolute atomic E-state index is 13.5. The predicted octanol–water partition coefficient (Wildman–Crippen LogP) is 3.38. The van der Waals surface area contributed by atoms with Crippen LogP contribution in [0.15, 0.2) is 36.5 Å². The van der Waals surface area contributed by atoms with Gasteiger partial charge in [-0.05, 0) is 49.2 Å². The van der Waals surface area contributed by atoms with Gasteiger partial charge in [0, 0.05) is 11.8 Å². The molecule has 3 rings (SSSR count). The fraction of sp³-hybridized carbons (Fsp3) is 0.176. The molecule has 0 aliphatic heterocycles. The number of fused-ring (bicyclic) bond motifs is 1. The molecule has 4 nitrogen and oxygen atoms in total. The minimum atomic E-state index is -0.927. The molecule has 1 N–H and O–H groups in total. The van der Waals surface area contributed by atoms with Crippen LogP contribution in [0.1, 0.15) is 16.8 Å². The third-order valence-corrected chi connectivity index (χ3v) is 3.69. The molecule has 22 heavy (non-hydrogen) atoms. The number of carbonyl (C=O) groups is 1. The largest absolute Gasteiger partial charge is 0.481 e. The second kappa shape index (κ2) is 5.26. The van der Waals surface area contributed by atoms with Crippen molar-refractivity contribution in [1.82, 2.24) is 9.38 Å². The summed E-state index contributed by atoms with van der Waals surface area (Å²) in [7, 11) is 0. The number of hydrogen-bond acceptors (Lipinski definition) is 2. The van der Waals surface area contributed by atoms with Crippen LogP contribution in [0, 0.1) is 19.7 Å². The second-order valence-electron chi connectivity index (χ2n) is 5.33. The Bertz CT molecular complexity index is 884. The monoisotopic (exact) mass is 298 g/mol. The van der Waals surface area contributed by atoms with Crippen LogP contribution in [-0.4, -0.2) is 20.5 Å². The number of aryl methyl sites for hydroxylation is 2. The predicted molar refractivity (Wildman–Crippen MR) is 81.4 cm³/mol. The van der Waals surface area contributed by atoms with Gasteiger partial charge >= 0.3 is 5.97 Å². The first-order valence-electron chi connectivity index (χ1n) is 6.92. The van der Waals surface area contributed by atoms with Crippen molar-refractivity contribution in [2.75, 3.05) is 0 Å². The van der Waals surface area contributed by atoms with Gasteiger partial charge in [0.2, 0.25) is 0 Å². The summed E-state index contributed by atoms with van der Waals surface area (Å²) >= 11 is 0. The zero-order valence-corrected chi connectivity index (χ0v) is 12.3. The highest BCUT2D eigenvalue weighted by molar-refractivity contribution is 5.76. The Balaban J connectivity index is 2.29. The Morgan fingerprint density at radius 3 is 2.73 bits per heavy atom. The molecule has 0 saturated carbocycles. The number of aliphatic carboxylic acids is 1. The minimum absolute atomic E-state index is 0.142. The minimum Gasteiger partial charge on any atom is -0.481 e. The molecule has 0 amide bonds. The summed E-state index contributed by atoms with van der Waals surface area (Å²) in [6, 6.07) is 8.48. The van der Waals surface area contributed by atoms with Crippen LogP contribution in [0.3, 0.4) is 0 Å². The van der Waals surface area contributed by atoms with Crippen LogP contribution >= 0.6 is 0 Å². The first kappa shape index (κ1) is 14.3. The molecule has 0 fully saturated rings. The molecule has 112 valence electrons. The van der Waals surface area contributed by atoms with Crippen molar-refractivity contribution in [2.45, 2.75) is 20.3 Å². The lowest BCUT2D eigenvalue weighted by molar-refractivity contribution is -0.136. The number of halogens is 1. The summed E-state index contributed by atoms with van der Waals surface area (Å²) in [6.07, 6.45) is 1.66. The van der Waals surface area contributed by atoms with Crippen molar-refractivity contribution in [3.05, 3.63) is 59.2 Å². The van der Waals surface area contributed by atoms with Gasteiger partial charge in [-0.1, -0.05) is 6.07 Å². The number of carboxylic acids is 1. The van der Waals surface area contributed by atoms with Crippen molar-refractivity contribution in [3.8, 4) is 11.3 Å². The highest BCUT2D eigenvalue weighted by Gasteiger charge is 2.18. The highest BCUT2D eigenvalue weighted by Crippen LogP contribution is 2.27. The summed E-state index contributed by atoms with van der Waals surface area (Å²) in [5.74, 6) is -1.22. The maximum atomic E-state index is 13.5. The van der Waals surface area contributed by atoms with Gasteiger partial charge < -0.3 is 9.51 Å². The fourth-order valence-corrected chi connectivity index (χ4v) is 2.59. The number of aromatic nitrogens is 2. The molecule has 5 heteroatoms.